The average Bonchev–Trinajstić information content (AvgIpc) is 2.98. The van der Waals surface area contributed by atoms with Crippen molar-refractivity contribution in [2.75, 3.05) is 18.4 Å². The standard InChI is InChI=1S/C22H26N4O3/c1-4-25(5-2)21(28)16-10-12-17(13-11-16)23-20(27)14-15-26-19-9-7-6-8-18(19)24(3)22(26)29/h6-13H,4-5,14-15H2,1-3H3,(H,23,27). The van der Waals surface area contributed by atoms with Crippen LogP contribution in [0.4, 0.5) is 5.69 Å². The van der Waals surface area contributed by atoms with Gasteiger partial charge in [0.2, 0.25) is 5.91 Å². The molecule has 7 heteroatoms. The number of aryl methyl sites for hydroxylation is 2. The Morgan fingerprint density at radius 2 is 1.59 bits per heavy atom. The molecule has 1 heterocycles. The second kappa shape index (κ2) is 8.77. The molecular weight excluding hydrogens is 368 g/mol. The number of carbonyl (C=O) groups excluding carboxylic acids is 2. The summed E-state index contributed by atoms with van der Waals surface area (Å²) in [6.07, 6.45) is 0.175. The number of aromatic nitrogens is 2. The molecule has 152 valence electrons. The van der Waals surface area contributed by atoms with E-state index < -0.39 is 0 Å². The molecule has 29 heavy (non-hydrogen) atoms. The number of rotatable bonds is 7. The van der Waals surface area contributed by atoms with E-state index in [1.54, 1.807) is 45.3 Å². The summed E-state index contributed by atoms with van der Waals surface area (Å²) in [6, 6.07) is 14.4. The number of fused-ring (bicyclic) bond motifs is 1. The third kappa shape index (κ3) is 4.23. The van der Waals surface area contributed by atoms with Gasteiger partial charge in [0, 0.05) is 44.4 Å². The molecule has 0 saturated heterocycles. The van der Waals surface area contributed by atoms with Gasteiger partial charge in [-0.1, -0.05) is 12.1 Å². The van der Waals surface area contributed by atoms with E-state index in [2.05, 4.69) is 5.32 Å². The molecule has 1 N–H and O–H groups in total. The molecule has 0 aliphatic rings. The summed E-state index contributed by atoms with van der Waals surface area (Å²) in [4.78, 5) is 38.9. The monoisotopic (exact) mass is 394 g/mol. The fourth-order valence-corrected chi connectivity index (χ4v) is 3.41. The van der Waals surface area contributed by atoms with E-state index in [4.69, 9.17) is 0 Å². The van der Waals surface area contributed by atoms with Crippen LogP contribution in [0.3, 0.4) is 0 Å². The molecule has 0 aliphatic carbocycles. The summed E-state index contributed by atoms with van der Waals surface area (Å²) in [5.74, 6) is -0.212. The van der Waals surface area contributed by atoms with Crippen LogP contribution in [-0.4, -0.2) is 38.9 Å². The summed E-state index contributed by atoms with van der Waals surface area (Å²) < 4.78 is 3.19. The zero-order chi connectivity index (χ0) is 21.0. The van der Waals surface area contributed by atoms with Crippen LogP contribution < -0.4 is 11.0 Å². The minimum absolute atomic E-state index is 0.0248. The zero-order valence-corrected chi connectivity index (χ0v) is 17.0. The third-order valence-electron chi connectivity index (χ3n) is 5.08. The van der Waals surface area contributed by atoms with Gasteiger partial charge >= 0.3 is 5.69 Å². The second-order valence-electron chi connectivity index (χ2n) is 6.83. The molecule has 0 unspecified atom stereocenters. The molecule has 0 radical (unpaired) electrons. The van der Waals surface area contributed by atoms with Gasteiger partial charge in [0.05, 0.1) is 11.0 Å². The van der Waals surface area contributed by atoms with E-state index in [-0.39, 0.29) is 23.9 Å². The summed E-state index contributed by atoms with van der Waals surface area (Å²) in [7, 11) is 1.72. The van der Waals surface area contributed by atoms with Crippen molar-refractivity contribution < 1.29 is 9.59 Å². The fraction of sp³-hybridized carbons (Fsp3) is 0.318. The average molecular weight is 394 g/mol. The minimum Gasteiger partial charge on any atom is -0.339 e. The topological polar surface area (TPSA) is 76.3 Å². The first-order valence-corrected chi connectivity index (χ1v) is 9.79. The minimum atomic E-state index is -0.187. The second-order valence-corrected chi connectivity index (χ2v) is 6.83. The number of nitrogens with zero attached hydrogens (tertiary/aromatic N) is 3. The third-order valence-corrected chi connectivity index (χ3v) is 5.08. The number of carbonyl (C=O) groups is 2. The number of benzene rings is 2. The van der Waals surface area contributed by atoms with E-state index in [1.807, 2.05) is 38.1 Å². The van der Waals surface area contributed by atoms with Crippen LogP contribution in [0, 0.1) is 0 Å². The van der Waals surface area contributed by atoms with E-state index in [9.17, 15) is 14.4 Å². The van der Waals surface area contributed by atoms with Gasteiger partial charge in [-0.05, 0) is 50.2 Å². The van der Waals surface area contributed by atoms with Crippen LogP contribution in [-0.2, 0) is 18.4 Å². The predicted molar refractivity (Wildman–Crippen MR) is 114 cm³/mol. The highest BCUT2D eigenvalue weighted by Gasteiger charge is 2.13. The first kappa shape index (κ1) is 20.4. The summed E-state index contributed by atoms with van der Waals surface area (Å²) in [5, 5.41) is 2.82. The number of amides is 2. The maximum absolute atomic E-state index is 12.4. The molecular formula is C22H26N4O3. The Bertz CT molecular complexity index is 1080. The lowest BCUT2D eigenvalue weighted by Crippen LogP contribution is -2.30. The normalized spacial score (nSPS) is 10.9. The lowest BCUT2D eigenvalue weighted by Gasteiger charge is -2.18. The Labute approximate surface area is 169 Å². The Balaban J connectivity index is 1.64. The summed E-state index contributed by atoms with van der Waals surface area (Å²) >= 11 is 0. The quantitative estimate of drug-likeness (QED) is 0.669. The van der Waals surface area contributed by atoms with Crippen molar-refractivity contribution in [3.8, 4) is 0 Å². The van der Waals surface area contributed by atoms with Gasteiger partial charge in [-0.2, -0.15) is 0 Å². The van der Waals surface area contributed by atoms with Gasteiger partial charge in [-0.3, -0.25) is 18.7 Å². The highest BCUT2D eigenvalue weighted by molar-refractivity contribution is 5.95. The van der Waals surface area contributed by atoms with Crippen LogP contribution in [0.2, 0.25) is 0 Å². The number of hydrogen-bond acceptors (Lipinski definition) is 3. The molecule has 0 spiro atoms. The fourth-order valence-electron chi connectivity index (χ4n) is 3.41. The highest BCUT2D eigenvalue weighted by atomic mass is 16.2. The SMILES string of the molecule is CCN(CC)C(=O)c1ccc(NC(=O)CCn2c(=O)n(C)c3ccccc32)cc1. The number of imidazole rings is 1. The Morgan fingerprint density at radius 3 is 2.21 bits per heavy atom. The highest BCUT2D eigenvalue weighted by Crippen LogP contribution is 2.14. The van der Waals surface area contributed by atoms with Crippen molar-refractivity contribution in [2.45, 2.75) is 26.8 Å². The first-order valence-electron chi connectivity index (χ1n) is 9.79. The van der Waals surface area contributed by atoms with Crippen LogP contribution in [0.5, 0.6) is 0 Å². The summed E-state index contributed by atoms with van der Waals surface area (Å²) in [6.45, 7) is 5.49. The Morgan fingerprint density at radius 1 is 0.966 bits per heavy atom. The summed E-state index contributed by atoms with van der Waals surface area (Å²) in [5.41, 5.74) is 2.72. The molecule has 2 amide bonds. The number of anilines is 1. The van der Waals surface area contributed by atoms with Crippen molar-refractivity contribution in [1.29, 1.82) is 0 Å². The van der Waals surface area contributed by atoms with Crippen LogP contribution in [0.25, 0.3) is 11.0 Å². The van der Waals surface area contributed by atoms with Gasteiger partial charge in [-0.25, -0.2) is 4.79 Å². The molecule has 0 saturated carbocycles. The van der Waals surface area contributed by atoms with Crippen molar-refractivity contribution in [2.24, 2.45) is 7.05 Å². The molecule has 0 bridgehead atoms. The molecule has 1 aromatic heterocycles. The largest absolute Gasteiger partial charge is 0.339 e. The first-order chi connectivity index (χ1) is 14.0. The maximum atomic E-state index is 12.4. The predicted octanol–water partition coefficient (Wildman–Crippen LogP) is 2.85. The van der Waals surface area contributed by atoms with Crippen LogP contribution in [0.1, 0.15) is 30.6 Å². The maximum Gasteiger partial charge on any atom is 0.328 e. The van der Waals surface area contributed by atoms with Gasteiger partial charge in [0.15, 0.2) is 0 Å². The van der Waals surface area contributed by atoms with E-state index in [0.29, 0.717) is 30.9 Å². The Hall–Kier alpha value is -3.35. The van der Waals surface area contributed by atoms with Gasteiger partial charge in [0.1, 0.15) is 0 Å². The molecule has 0 aliphatic heterocycles. The van der Waals surface area contributed by atoms with Gasteiger partial charge < -0.3 is 10.2 Å². The van der Waals surface area contributed by atoms with Crippen molar-refractivity contribution in [1.82, 2.24) is 14.0 Å². The molecule has 0 atom stereocenters. The van der Waals surface area contributed by atoms with Crippen molar-refractivity contribution >= 4 is 28.5 Å². The molecule has 0 fully saturated rings. The van der Waals surface area contributed by atoms with Crippen LogP contribution in [0.15, 0.2) is 53.3 Å². The number of hydrogen-bond donors (Lipinski definition) is 1. The van der Waals surface area contributed by atoms with Gasteiger partial charge in [-0.15, -0.1) is 0 Å². The van der Waals surface area contributed by atoms with Crippen molar-refractivity contribution in [3.05, 3.63) is 64.6 Å². The smallest absolute Gasteiger partial charge is 0.328 e. The number of para-hydroxylation sites is 2. The molecule has 7 nitrogen and oxygen atoms in total. The number of nitrogens with one attached hydrogen (secondary N) is 1. The zero-order valence-electron chi connectivity index (χ0n) is 17.0. The lowest BCUT2D eigenvalue weighted by molar-refractivity contribution is -0.116. The van der Waals surface area contributed by atoms with E-state index >= 15 is 0 Å². The van der Waals surface area contributed by atoms with Crippen molar-refractivity contribution in [3.63, 3.8) is 0 Å². The molecule has 2 aromatic carbocycles. The molecule has 3 rings (SSSR count). The van der Waals surface area contributed by atoms with Gasteiger partial charge in [0.25, 0.3) is 5.91 Å². The van der Waals surface area contributed by atoms with E-state index in [1.165, 1.54) is 0 Å². The molecule has 3 aromatic rings. The van der Waals surface area contributed by atoms with Crippen LogP contribution >= 0.6 is 0 Å². The Kier molecular flexibility index (Phi) is 6.16. The lowest BCUT2D eigenvalue weighted by atomic mass is 10.1. The van der Waals surface area contributed by atoms with E-state index in [0.717, 1.165) is 11.0 Å².